The van der Waals surface area contributed by atoms with Crippen molar-refractivity contribution in [1.82, 2.24) is 20.4 Å². The number of hydrogen-bond acceptors (Lipinski definition) is 7. The van der Waals surface area contributed by atoms with E-state index < -0.39 is 5.41 Å². The first kappa shape index (κ1) is 20.5. The molecule has 1 unspecified atom stereocenters. The number of thiazole rings is 1. The van der Waals surface area contributed by atoms with Gasteiger partial charge in [0.1, 0.15) is 0 Å². The summed E-state index contributed by atoms with van der Waals surface area (Å²) >= 11 is 1.39. The van der Waals surface area contributed by atoms with Gasteiger partial charge in [-0.05, 0) is 14.0 Å². The molecule has 0 bridgehead atoms. The molecule has 134 valence electrons. The number of anilines is 1. The Morgan fingerprint density at radius 2 is 2.08 bits per heavy atom. The molecule has 2 heterocycles. The fraction of sp³-hybridized carbons (Fsp3) is 0.600. The molecule has 0 aliphatic heterocycles. The summed E-state index contributed by atoms with van der Waals surface area (Å²) in [4.78, 5) is 20.7. The number of halogens is 1. The number of amides is 1. The number of hydrogen-bond donors (Lipinski definition) is 2. The van der Waals surface area contributed by atoms with Crippen molar-refractivity contribution in [3.8, 4) is 0 Å². The highest BCUT2D eigenvalue weighted by Gasteiger charge is 2.22. The minimum absolute atomic E-state index is 0. The maximum Gasteiger partial charge on any atom is 0.232 e. The number of rotatable bonds is 6. The lowest BCUT2D eigenvalue weighted by Gasteiger charge is -2.15. The molecule has 1 amide bonds. The summed E-state index contributed by atoms with van der Waals surface area (Å²) < 4.78 is 5.25. The third kappa shape index (κ3) is 5.85. The lowest BCUT2D eigenvalue weighted by atomic mass is 9.96. The largest absolute Gasteiger partial charge is 0.339 e. The van der Waals surface area contributed by atoms with Crippen LogP contribution in [0.1, 0.15) is 45.1 Å². The van der Waals surface area contributed by atoms with E-state index in [1.165, 1.54) is 11.3 Å². The Kier molecular flexibility index (Phi) is 7.31. The van der Waals surface area contributed by atoms with E-state index in [9.17, 15) is 4.79 Å². The summed E-state index contributed by atoms with van der Waals surface area (Å²) in [6.45, 7) is 7.65. The van der Waals surface area contributed by atoms with Crippen LogP contribution in [0.25, 0.3) is 0 Å². The quantitative estimate of drug-likeness (QED) is 0.808. The summed E-state index contributed by atoms with van der Waals surface area (Å²) in [5.41, 5.74) is 0.355. The van der Waals surface area contributed by atoms with Crippen molar-refractivity contribution >= 4 is 34.8 Å². The van der Waals surface area contributed by atoms with E-state index in [1.807, 2.05) is 33.2 Å². The van der Waals surface area contributed by atoms with Crippen molar-refractivity contribution in [3.63, 3.8) is 0 Å². The van der Waals surface area contributed by atoms with Gasteiger partial charge in [-0.1, -0.05) is 25.9 Å². The fourth-order valence-electron chi connectivity index (χ4n) is 1.71. The number of carbonyl (C=O) groups excluding carboxylic acids is 1. The normalized spacial score (nSPS) is 12.5. The Labute approximate surface area is 152 Å². The SMILES string of the molecule is CNC(C)Cc1noc(Cc2csc(NC(=O)C(C)(C)C)n2)n1.Cl. The number of carbonyl (C=O) groups is 1. The van der Waals surface area contributed by atoms with Crippen LogP contribution in [-0.2, 0) is 17.6 Å². The van der Waals surface area contributed by atoms with E-state index in [2.05, 4.69) is 32.7 Å². The summed E-state index contributed by atoms with van der Waals surface area (Å²) in [6, 6.07) is 0.291. The minimum Gasteiger partial charge on any atom is -0.339 e. The molecule has 0 saturated heterocycles. The fourth-order valence-corrected chi connectivity index (χ4v) is 2.41. The van der Waals surface area contributed by atoms with Gasteiger partial charge in [-0.25, -0.2) is 4.98 Å². The summed E-state index contributed by atoms with van der Waals surface area (Å²) in [5.74, 6) is 1.15. The average Bonchev–Trinajstić information content (AvgIpc) is 3.08. The Hall–Kier alpha value is -1.51. The van der Waals surface area contributed by atoms with E-state index in [0.29, 0.717) is 35.7 Å². The van der Waals surface area contributed by atoms with Crippen LogP contribution >= 0.6 is 23.7 Å². The van der Waals surface area contributed by atoms with E-state index >= 15 is 0 Å². The van der Waals surface area contributed by atoms with Gasteiger partial charge < -0.3 is 15.2 Å². The predicted octanol–water partition coefficient (Wildman–Crippen LogP) is 2.67. The number of nitrogens with zero attached hydrogens (tertiary/aromatic N) is 3. The molecule has 0 aliphatic rings. The molecule has 0 fully saturated rings. The highest BCUT2D eigenvalue weighted by Crippen LogP contribution is 2.21. The Morgan fingerprint density at radius 1 is 1.38 bits per heavy atom. The highest BCUT2D eigenvalue weighted by atomic mass is 35.5. The van der Waals surface area contributed by atoms with Gasteiger partial charge >= 0.3 is 0 Å². The number of aromatic nitrogens is 3. The molecule has 0 aromatic carbocycles. The van der Waals surface area contributed by atoms with Gasteiger partial charge in [0.15, 0.2) is 11.0 Å². The van der Waals surface area contributed by atoms with Gasteiger partial charge in [0.05, 0.1) is 12.1 Å². The molecule has 7 nitrogen and oxygen atoms in total. The van der Waals surface area contributed by atoms with Gasteiger partial charge in [0.2, 0.25) is 11.8 Å². The standard InChI is InChI=1S/C15H23N5O2S.ClH/c1-9(16-5)6-11-18-12(22-20-11)7-10-8-23-14(17-10)19-13(21)15(2,3)4;/h8-9,16H,6-7H2,1-5H3,(H,17,19,21);1H. The summed E-state index contributed by atoms with van der Waals surface area (Å²) in [6.07, 6.45) is 1.17. The van der Waals surface area contributed by atoms with Crippen molar-refractivity contribution in [1.29, 1.82) is 0 Å². The molecule has 2 rings (SSSR count). The van der Waals surface area contributed by atoms with Crippen LogP contribution in [-0.4, -0.2) is 34.1 Å². The first-order chi connectivity index (χ1) is 10.8. The van der Waals surface area contributed by atoms with Gasteiger partial charge in [-0.3, -0.25) is 4.79 Å². The molecule has 2 aromatic heterocycles. The molecule has 2 aromatic rings. The monoisotopic (exact) mass is 373 g/mol. The molecular weight excluding hydrogens is 350 g/mol. The first-order valence-electron chi connectivity index (χ1n) is 7.52. The van der Waals surface area contributed by atoms with Crippen LogP contribution in [0.15, 0.2) is 9.90 Å². The van der Waals surface area contributed by atoms with Gasteiger partial charge in [0, 0.05) is 23.3 Å². The van der Waals surface area contributed by atoms with E-state index in [1.54, 1.807) is 0 Å². The van der Waals surface area contributed by atoms with Crippen molar-refractivity contribution in [2.45, 2.75) is 46.6 Å². The smallest absolute Gasteiger partial charge is 0.232 e. The zero-order valence-corrected chi connectivity index (χ0v) is 16.2. The second-order valence-corrected chi connectivity index (χ2v) is 7.38. The highest BCUT2D eigenvalue weighted by molar-refractivity contribution is 7.13. The number of likely N-dealkylation sites (N-methyl/N-ethyl adjacent to an activating group) is 1. The van der Waals surface area contributed by atoms with Crippen molar-refractivity contribution in [2.24, 2.45) is 5.41 Å². The average molecular weight is 374 g/mol. The lowest BCUT2D eigenvalue weighted by molar-refractivity contribution is -0.123. The summed E-state index contributed by atoms with van der Waals surface area (Å²) in [5, 5.41) is 12.4. The number of nitrogens with one attached hydrogen (secondary N) is 2. The predicted molar refractivity (Wildman–Crippen MR) is 96.8 cm³/mol. The van der Waals surface area contributed by atoms with Crippen molar-refractivity contribution in [3.05, 3.63) is 22.8 Å². The molecule has 1 atom stereocenters. The molecule has 0 saturated carbocycles. The van der Waals surface area contributed by atoms with E-state index in [4.69, 9.17) is 4.52 Å². The van der Waals surface area contributed by atoms with Gasteiger partial charge in [-0.15, -0.1) is 23.7 Å². The molecule has 9 heteroatoms. The third-order valence-corrected chi connectivity index (χ3v) is 4.08. The minimum atomic E-state index is -0.447. The summed E-state index contributed by atoms with van der Waals surface area (Å²) in [7, 11) is 1.90. The van der Waals surface area contributed by atoms with E-state index in [-0.39, 0.29) is 18.3 Å². The Morgan fingerprint density at radius 3 is 2.71 bits per heavy atom. The first-order valence-corrected chi connectivity index (χ1v) is 8.40. The Bertz CT molecular complexity index is 665. The van der Waals surface area contributed by atoms with E-state index in [0.717, 1.165) is 5.69 Å². The molecular formula is C15H24ClN5O2S. The second kappa shape index (κ2) is 8.55. The van der Waals surface area contributed by atoms with Crippen LogP contribution in [0.2, 0.25) is 0 Å². The molecule has 0 radical (unpaired) electrons. The molecule has 2 N–H and O–H groups in total. The lowest BCUT2D eigenvalue weighted by Crippen LogP contribution is -2.27. The van der Waals surface area contributed by atoms with Crippen molar-refractivity contribution < 1.29 is 9.32 Å². The molecule has 0 spiro atoms. The van der Waals surface area contributed by atoms with Crippen LogP contribution in [0.5, 0.6) is 0 Å². The van der Waals surface area contributed by atoms with Crippen molar-refractivity contribution in [2.75, 3.05) is 12.4 Å². The maximum atomic E-state index is 11.9. The van der Waals surface area contributed by atoms with Crippen LogP contribution in [0.4, 0.5) is 5.13 Å². The second-order valence-electron chi connectivity index (χ2n) is 6.52. The Balaban J connectivity index is 0.00000288. The zero-order chi connectivity index (χ0) is 17.0. The van der Waals surface area contributed by atoms with Crippen LogP contribution < -0.4 is 10.6 Å². The zero-order valence-electron chi connectivity index (χ0n) is 14.5. The van der Waals surface area contributed by atoms with Gasteiger partial charge in [-0.2, -0.15) is 4.98 Å². The van der Waals surface area contributed by atoms with Crippen LogP contribution in [0.3, 0.4) is 0 Å². The third-order valence-electron chi connectivity index (χ3n) is 3.28. The van der Waals surface area contributed by atoms with Crippen LogP contribution in [0, 0.1) is 5.41 Å². The molecule has 0 aliphatic carbocycles. The molecule has 24 heavy (non-hydrogen) atoms. The topological polar surface area (TPSA) is 92.9 Å². The van der Waals surface area contributed by atoms with Gasteiger partial charge in [0.25, 0.3) is 0 Å². The maximum absolute atomic E-state index is 11.9.